The highest BCUT2D eigenvalue weighted by atomic mass is 32.1. The summed E-state index contributed by atoms with van der Waals surface area (Å²) in [6.45, 7) is 11.7. The van der Waals surface area contributed by atoms with E-state index in [0.29, 0.717) is 52.8 Å². The first-order valence-corrected chi connectivity index (χ1v) is 28.4. The molecule has 1 aliphatic carbocycles. The molecule has 5 N–H and O–H groups in total. The van der Waals surface area contributed by atoms with Crippen LogP contribution < -0.4 is 32.0 Å². The molecule has 3 fully saturated rings. The number of aliphatic hydroxyl groups excluding tert-OH is 2. The maximum absolute atomic E-state index is 15.4. The van der Waals surface area contributed by atoms with Crippen molar-refractivity contribution in [3.63, 3.8) is 0 Å². The number of nitrogens with one attached hydrogen (secondary N) is 3. The number of fused-ring (bicyclic) bond motifs is 1. The van der Waals surface area contributed by atoms with Crippen LogP contribution in [0.4, 0.5) is 21.7 Å². The normalized spacial score (nSPS) is 17.1. The summed E-state index contributed by atoms with van der Waals surface area (Å²) in [5.74, 6) is -0.972. The van der Waals surface area contributed by atoms with Crippen LogP contribution in [-0.4, -0.2) is 128 Å². The minimum absolute atomic E-state index is 0.00949. The van der Waals surface area contributed by atoms with Crippen LogP contribution in [0.3, 0.4) is 0 Å². The van der Waals surface area contributed by atoms with Crippen molar-refractivity contribution in [2.24, 2.45) is 12.5 Å². The maximum Gasteiger partial charge on any atom is 0.293 e. The number of benzene rings is 3. The summed E-state index contributed by atoms with van der Waals surface area (Å²) >= 11 is 1.68. The largest absolute Gasteiger partial charge is 0.392 e. The van der Waals surface area contributed by atoms with Crippen molar-refractivity contribution in [2.75, 3.05) is 62.7 Å². The van der Waals surface area contributed by atoms with Crippen LogP contribution in [-0.2, 0) is 39.3 Å². The van der Waals surface area contributed by atoms with E-state index >= 15 is 4.39 Å². The quantitative estimate of drug-likeness (QED) is 0.0529. The van der Waals surface area contributed by atoms with Gasteiger partial charge in [0.25, 0.3) is 11.1 Å². The second-order valence-corrected chi connectivity index (χ2v) is 23.3. The number of aliphatic hydroxyl groups is 2. The molecule has 1 saturated carbocycles. The Kier molecular flexibility index (Phi) is 16.9. The average Bonchev–Trinajstić information content (AvgIpc) is 4.13. The fourth-order valence-corrected chi connectivity index (χ4v) is 11.7. The van der Waals surface area contributed by atoms with Gasteiger partial charge in [-0.1, -0.05) is 63.2 Å². The zero-order valence-electron chi connectivity index (χ0n) is 46.3. The molecule has 3 aliphatic rings. The van der Waals surface area contributed by atoms with E-state index in [2.05, 4.69) is 54.1 Å². The molecule has 0 bridgehead atoms. The number of hydrogen-bond donors (Lipinski definition) is 5. The van der Waals surface area contributed by atoms with E-state index in [0.717, 1.165) is 61.4 Å². The number of aromatic nitrogens is 4. The van der Waals surface area contributed by atoms with Crippen LogP contribution >= 0.6 is 11.3 Å². The van der Waals surface area contributed by atoms with Gasteiger partial charge in [-0.3, -0.25) is 33.4 Å². The van der Waals surface area contributed by atoms with Gasteiger partial charge in [-0.2, -0.15) is 0 Å². The van der Waals surface area contributed by atoms with Gasteiger partial charge >= 0.3 is 0 Å². The number of likely N-dealkylation sites (tertiary alicyclic amines) is 1. The topological polar surface area (TPSA) is 216 Å². The molecular weight excluding hydrogens is 1050 g/mol. The molecule has 3 atom stereocenters. The third-order valence-electron chi connectivity index (χ3n) is 15.5. The van der Waals surface area contributed by atoms with Gasteiger partial charge in [-0.05, 0) is 101 Å². The number of halogens is 1. The molecule has 10 rings (SSSR count). The average molecular weight is 1120 g/mol. The molecule has 6 heterocycles. The summed E-state index contributed by atoms with van der Waals surface area (Å²) in [7, 11) is 1.60. The summed E-state index contributed by atoms with van der Waals surface area (Å²) in [6.07, 6.45) is 6.17. The molecule has 2 aliphatic heterocycles. The van der Waals surface area contributed by atoms with E-state index in [-0.39, 0.29) is 55.6 Å². The van der Waals surface area contributed by atoms with E-state index < -0.39 is 53.1 Å². The number of amides is 3. The van der Waals surface area contributed by atoms with E-state index in [4.69, 9.17) is 4.74 Å². The lowest BCUT2D eigenvalue weighted by molar-refractivity contribution is -0.144. The van der Waals surface area contributed by atoms with Gasteiger partial charge in [0.2, 0.25) is 17.7 Å². The van der Waals surface area contributed by atoms with Gasteiger partial charge in [0, 0.05) is 94.1 Å². The van der Waals surface area contributed by atoms with E-state index in [1.165, 1.54) is 30.5 Å². The van der Waals surface area contributed by atoms with Crippen molar-refractivity contribution in [3.05, 3.63) is 152 Å². The molecule has 424 valence electrons. The Labute approximate surface area is 473 Å². The Morgan fingerprint density at radius 1 is 0.951 bits per heavy atom. The van der Waals surface area contributed by atoms with Crippen molar-refractivity contribution >= 4 is 57.2 Å². The molecular formula is C61H69FN10O8S. The van der Waals surface area contributed by atoms with Crippen molar-refractivity contribution in [1.29, 1.82) is 0 Å². The molecule has 2 saturated heterocycles. The highest BCUT2D eigenvalue weighted by molar-refractivity contribution is 7.13. The minimum Gasteiger partial charge on any atom is -0.392 e. The molecule has 0 spiro atoms. The summed E-state index contributed by atoms with van der Waals surface area (Å²) in [5, 5.41) is 32.9. The Hall–Kier alpha value is -7.62. The third kappa shape index (κ3) is 12.8. The molecule has 0 radical (unpaired) electrons. The third-order valence-corrected chi connectivity index (χ3v) is 16.6. The van der Waals surface area contributed by atoms with Crippen LogP contribution in [0.2, 0.25) is 0 Å². The predicted octanol–water partition coefficient (Wildman–Crippen LogP) is 6.77. The Morgan fingerprint density at radius 2 is 1.73 bits per heavy atom. The van der Waals surface area contributed by atoms with E-state index in [1.807, 2.05) is 57.2 Å². The Morgan fingerprint density at radius 3 is 2.42 bits per heavy atom. The number of anilines is 3. The number of β-amino-alcohol motifs (C(OH)–C–C–N with tert-alkyl or cyclic N) is 1. The lowest BCUT2D eigenvalue weighted by Crippen LogP contribution is -2.57. The van der Waals surface area contributed by atoms with Crippen molar-refractivity contribution < 1.29 is 33.7 Å². The zero-order chi connectivity index (χ0) is 57.1. The first kappa shape index (κ1) is 56.6. The highest BCUT2D eigenvalue weighted by Gasteiger charge is 2.44. The number of thiophene rings is 1. The molecule has 3 amide bonds. The van der Waals surface area contributed by atoms with Crippen LogP contribution in [0.5, 0.6) is 0 Å². The summed E-state index contributed by atoms with van der Waals surface area (Å²) in [4.78, 5) is 84.5. The van der Waals surface area contributed by atoms with Gasteiger partial charge in [0.05, 0.1) is 54.6 Å². The number of hydrogen-bond acceptors (Lipinski definition) is 14. The van der Waals surface area contributed by atoms with Gasteiger partial charge < -0.3 is 45.3 Å². The first-order chi connectivity index (χ1) is 38.9. The van der Waals surface area contributed by atoms with Gasteiger partial charge in [-0.15, -0.1) is 11.3 Å². The number of rotatable bonds is 19. The summed E-state index contributed by atoms with van der Waals surface area (Å²) in [5.41, 5.74) is 4.97. The number of ether oxygens (including phenoxy) is 1. The fourth-order valence-electron chi connectivity index (χ4n) is 10.8. The van der Waals surface area contributed by atoms with E-state index in [9.17, 15) is 34.2 Å². The SMILES string of the molecule is Cc1ccsc1-c1ccc(CNC(=O)[C@@H]2C[C@@H](O)CN2C(=O)[C@@H](NC(=O)CCOCCN2CCN(c3ccc(Nc4nc(-c5cccc(-n6ccc7cc(C8CC8)cc(F)c7c6=O)c5CO)cn(C)c4=O)nc3)CC2)C(C)(C)C)cc1. The van der Waals surface area contributed by atoms with Gasteiger partial charge in [0.1, 0.15) is 23.7 Å². The molecule has 4 aromatic heterocycles. The number of carbonyl (C=O) groups excluding carboxylic acids is 3. The zero-order valence-corrected chi connectivity index (χ0v) is 47.1. The number of piperazine rings is 1. The highest BCUT2D eigenvalue weighted by Crippen LogP contribution is 2.41. The van der Waals surface area contributed by atoms with E-state index in [1.54, 1.807) is 67.3 Å². The molecule has 20 heteroatoms. The first-order valence-electron chi connectivity index (χ1n) is 27.6. The lowest BCUT2D eigenvalue weighted by Gasteiger charge is -2.36. The molecule has 7 aromatic rings. The second kappa shape index (κ2) is 24.2. The lowest BCUT2D eigenvalue weighted by atomic mass is 9.85. The standard InChI is InChI=1S/C61H69FN10O8S/c1-37-19-28-81-54(37)40-11-9-38(10-12-40)32-64-57(76)50-31-44(74)34-72(50)59(78)55(61(2,3)4)67-52(75)18-26-80-27-25-69-21-23-70(24-22-69)43-15-16-51(63-33-43)66-56-60(79)68(5)35-48(65-56)45-7-6-8-49(46(45)36-73)71-20-17-41-29-42(39-13-14-39)30-47(62)53(41)58(71)77/h6-12,15-17,19-20,28-30,33,35,39,44,50,55,73-74H,13-14,18,21-27,31-32,34,36H2,1-5H3,(H,64,76)(H,67,75)(H,63,65,66)/t44-,50+,55-/m1/s1. The molecule has 18 nitrogen and oxygen atoms in total. The number of carbonyl (C=O) groups is 3. The van der Waals surface area contributed by atoms with Crippen LogP contribution in [0.25, 0.3) is 38.2 Å². The summed E-state index contributed by atoms with van der Waals surface area (Å²) in [6, 6.07) is 22.2. The van der Waals surface area contributed by atoms with Crippen LogP contribution in [0, 0.1) is 18.2 Å². The molecule has 81 heavy (non-hydrogen) atoms. The maximum atomic E-state index is 15.4. The number of nitrogens with zero attached hydrogens (tertiary/aromatic N) is 7. The second-order valence-electron chi connectivity index (χ2n) is 22.4. The summed E-state index contributed by atoms with van der Waals surface area (Å²) < 4.78 is 24.1. The number of aryl methyl sites for hydroxylation is 2. The monoisotopic (exact) mass is 1120 g/mol. The van der Waals surface area contributed by atoms with Gasteiger partial charge in [0.15, 0.2) is 5.82 Å². The number of pyridine rings is 2. The Bertz CT molecular complexity index is 3570. The smallest absolute Gasteiger partial charge is 0.293 e. The molecule has 3 aromatic carbocycles. The fraction of sp³-hybridized carbons (Fsp3) is 0.393. The van der Waals surface area contributed by atoms with Crippen LogP contribution in [0.1, 0.15) is 74.6 Å². The Balaban J connectivity index is 0.679. The minimum atomic E-state index is -0.938. The van der Waals surface area contributed by atoms with Crippen molar-refractivity contribution in [2.45, 2.75) is 90.6 Å². The van der Waals surface area contributed by atoms with Crippen molar-refractivity contribution in [1.82, 2.24) is 39.5 Å². The van der Waals surface area contributed by atoms with Crippen molar-refractivity contribution in [3.8, 4) is 27.4 Å². The predicted molar refractivity (Wildman–Crippen MR) is 311 cm³/mol. The van der Waals surface area contributed by atoms with Crippen LogP contribution in [0.15, 0.2) is 112 Å². The van der Waals surface area contributed by atoms with Gasteiger partial charge in [-0.25, -0.2) is 14.4 Å². The molecule has 0 unspecified atom stereocenters.